The van der Waals surface area contributed by atoms with E-state index >= 15 is 0 Å². The number of H-pyrrole nitrogens is 1. The van der Waals surface area contributed by atoms with Crippen LogP contribution in [-0.2, 0) is 6.61 Å². The van der Waals surface area contributed by atoms with E-state index in [4.69, 9.17) is 4.74 Å². The van der Waals surface area contributed by atoms with Crippen molar-refractivity contribution in [2.24, 2.45) is 0 Å². The van der Waals surface area contributed by atoms with Crippen LogP contribution in [0.2, 0.25) is 0 Å². The van der Waals surface area contributed by atoms with Crippen LogP contribution in [0.5, 0.6) is 5.75 Å². The van der Waals surface area contributed by atoms with Gasteiger partial charge < -0.3 is 9.72 Å². The maximum Gasteiger partial charge on any atom is 0.214 e. The first kappa shape index (κ1) is 17.8. The first-order chi connectivity index (χ1) is 13.7. The summed E-state index contributed by atoms with van der Waals surface area (Å²) in [6.45, 7) is 0.315. The van der Waals surface area contributed by atoms with E-state index in [9.17, 15) is 10.1 Å². The Morgan fingerprint density at radius 3 is 2.39 bits per heavy atom. The minimum atomic E-state index is -0.325. The van der Waals surface area contributed by atoms with Crippen molar-refractivity contribution in [1.82, 2.24) is 4.98 Å². The van der Waals surface area contributed by atoms with Crippen molar-refractivity contribution >= 4 is 10.9 Å². The van der Waals surface area contributed by atoms with E-state index in [-0.39, 0.29) is 17.4 Å². The van der Waals surface area contributed by atoms with Gasteiger partial charge in [0.25, 0.3) is 0 Å². The van der Waals surface area contributed by atoms with Crippen molar-refractivity contribution in [3.8, 4) is 5.75 Å². The van der Waals surface area contributed by atoms with Crippen molar-refractivity contribution in [3.05, 3.63) is 112 Å². The molecular formula is C23H20N2O3. The smallest absolute Gasteiger partial charge is 0.214 e. The minimum Gasteiger partial charge on any atom is -0.489 e. The number of aromatic nitrogens is 1. The van der Waals surface area contributed by atoms with Crippen molar-refractivity contribution in [1.29, 1.82) is 0 Å². The fourth-order valence-electron chi connectivity index (χ4n) is 3.46. The Hall–Kier alpha value is -3.60. The Kier molecular flexibility index (Phi) is 5.06. The van der Waals surface area contributed by atoms with Gasteiger partial charge >= 0.3 is 0 Å². The van der Waals surface area contributed by atoms with E-state index in [1.165, 1.54) is 0 Å². The molecule has 0 bridgehead atoms. The topological polar surface area (TPSA) is 68.2 Å². The van der Waals surface area contributed by atoms with Crippen LogP contribution in [0.25, 0.3) is 10.9 Å². The number of nitro groups is 1. The van der Waals surface area contributed by atoms with Crippen LogP contribution in [-0.4, -0.2) is 16.5 Å². The van der Waals surface area contributed by atoms with Crippen molar-refractivity contribution in [2.45, 2.75) is 12.5 Å². The Morgan fingerprint density at radius 2 is 1.68 bits per heavy atom. The van der Waals surface area contributed by atoms with Crippen LogP contribution in [0.3, 0.4) is 0 Å². The molecule has 1 N–H and O–H groups in total. The van der Waals surface area contributed by atoms with Gasteiger partial charge in [-0.05, 0) is 34.9 Å². The van der Waals surface area contributed by atoms with Crippen molar-refractivity contribution in [3.63, 3.8) is 0 Å². The standard InChI is InChI=1S/C23H20N2O3/c26-25(27)15-22(18-9-5-2-6-10-18)21-14-24-23-12-11-19(13-20(21)23)28-16-17-7-3-1-4-8-17/h1-14,22,24H,15-16H2. The molecule has 3 aromatic carbocycles. The van der Waals surface area contributed by atoms with Gasteiger partial charge in [-0.25, -0.2) is 0 Å². The van der Waals surface area contributed by atoms with E-state index in [0.29, 0.717) is 6.61 Å². The fraction of sp³-hybridized carbons (Fsp3) is 0.130. The van der Waals surface area contributed by atoms with Gasteiger partial charge in [0.2, 0.25) is 6.54 Å². The number of hydrogen-bond acceptors (Lipinski definition) is 3. The minimum absolute atomic E-state index is 0.161. The molecule has 5 heteroatoms. The fourth-order valence-corrected chi connectivity index (χ4v) is 3.46. The third-order valence-corrected chi connectivity index (χ3v) is 4.84. The molecule has 0 spiro atoms. The number of fused-ring (bicyclic) bond motifs is 1. The van der Waals surface area contributed by atoms with Gasteiger partial charge in [-0.3, -0.25) is 10.1 Å². The molecule has 4 rings (SSSR count). The molecule has 0 amide bonds. The van der Waals surface area contributed by atoms with E-state index in [1.54, 1.807) is 0 Å². The third kappa shape index (κ3) is 3.88. The normalized spacial score (nSPS) is 12.0. The molecule has 5 nitrogen and oxygen atoms in total. The quantitative estimate of drug-likeness (QED) is 0.360. The molecular weight excluding hydrogens is 352 g/mol. The zero-order chi connectivity index (χ0) is 19.3. The van der Waals surface area contributed by atoms with Gasteiger partial charge in [-0.15, -0.1) is 0 Å². The van der Waals surface area contributed by atoms with E-state index in [1.807, 2.05) is 85.1 Å². The summed E-state index contributed by atoms with van der Waals surface area (Å²) in [4.78, 5) is 14.3. The lowest BCUT2D eigenvalue weighted by molar-refractivity contribution is -0.481. The SMILES string of the molecule is O=[N+]([O-])CC(c1ccccc1)c1c[nH]c2ccc(OCc3ccccc3)cc12. The Labute approximate surface area is 162 Å². The lowest BCUT2D eigenvalue weighted by atomic mass is 9.91. The monoisotopic (exact) mass is 372 g/mol. The molecule has 0 radical (unpaired) electrons. The molecule has 1 unspecified atom stereocenters. The molecule has 0 aliphatic heterocycles. The summed E-state index contributed by atoms with van der Waals surface area (Å²) in [6, 6.07) is 25.4. The maximum atomic E-state index is 11.3. The van der Waals surface area contributed by atoms with E-state index < -0.39 is 0 Å². The Morgan fingerprint density at radius 1 is 0.964 bits per heavy atom. The molecule has 1 heterocycles. The summed E-state index contributed by atoms with van der Waals surface area (Å²) in [5, 5.41) is 12.3. The van der Waals surface area contributed by atoms with Crippen LogP contribution in [0.4, 0.5) is 0 Å². The number of ether oxygens (including phenoxy) is 1. The van der Waals surface area contributed by atoms with E-state index in [2.05, 4.69) is 4.98 Å². The van der Waals surface area contributed by atoms with Crippen LogP contribution in [0, 0.1) is 10.1 Å². The number of hydrogen-bond donors (Lipinski definition) is 1. The second kappa shape index (κ2) is 7.96. The van der Waals surface area contributed by atoms with Crippen LogP contribution >= 0.6 is 0 Å². The summed E-state index contributed by atoms with van der Waals surface area (Å²) in [7, 11) is 0. The van der Waals surface area contributed by atoms with Gasteiger partial charge in [0.1, 0.15) is 12.4 Å². The summed E-state index contributed by atoms with van der Waals surface area (Å²) in [6.07, 6.45) is 1.87. The number of nitrogens with one attached hydrogen (secondary N) is 1. The molecule has 1 atom stereocenters. The molecule has 0 fully saturated rings. The van der Waals surface area contributed by atoms with Gasteiger partial charge in [-0.2, -0.15) is 0 Å². The predicted octanol–water partition coefficient (Wildman–Crippen LogP) is 5.16. The first-order valence-electron chi connectivity index (χ1n) is 9.15. The molecule has 0 saturated heterocycles. The molecule has 0 aliphatic rings. The number of benzene rings is 3. The van der Waals surface area contributed by atoms with Crippen molar-refractivity contribution < 1.29 is 9.66 Å². The van der Waals surface area contributed by atoms with Gasteiger partial charge in [-0.1, -0.05) is 60.7 Å². The maximum absolute atomic E-state index is 11.3. The molecule has 0 saturated carbocycles. The second-order valence-corrected chi connectivity index (χ2v) is 6.70. The Balaban J connectivity index is 1.67. The number of nitrogens with zero attached hydrogens (tertiary/aromatic N) is 1. The van der Waals surface area contributed by atoms with Crippen LogP contribution < -0.4 is 4.74 Å². The summed E-state index contributed by atoms with van der Waals surface area (Å²) >= 11 is 0. The summed E-state index contributed by atoms with van der Waals surface area (Å²) in [5.74, 6) is 0.416. The molecule has 0 aliphatic carbocycles. The van der Waals surface area contributed by atoms with Crippen LogP contribution in [0.15, 0.2) is 85.1 Å². The van der Waals surface area contributed by atoms with Crippen molar-refractivity contribution in [2.75, 3.05) is 6.54 Å². The summed E-state index contributed by atoms with van der Waals surface area (Å²) < 4.78 is 5.94. The largest absolute Gasteiger partial charge is 0.489 e. The third-order valence-electron chi connectivity index (χ3n) is 4.84. The summed E-state index contributed by atoms with van der Waals surface area (Å²) in [5.41, 5.74) is 3.86. The highest BCUT2D eigenvalue weighted by Crippen LogP contribution is 2.33. The van der Waals surface area contributed by atoms with E-state index in [0.717, 1.165) is 33.3 Å². The zero-order valence-corrected chi connectivity index (χ0v) is 15.2. The van der Waals surface area contributed by atoms with Crippen LogP contribution in [0.1, 0.15) is 22.6 Å². The average molecular weight is 372 g/mol. The molecule has 140 valence electrons. The zero-order valence-electron chi connectivity index (χ0n) is 15.2. The van der Waals surface area contributed by atoms with Gasteiger partial charge in [0, 0.05) is 22.0 Å². The number of rotatable bonds is 7. The molecule has 4 aromatic rings. The first-order valence-corrected chi connectivity index (χ1v) is 9.15. The molecule has 1 aromatic heterocycles. The number of aromatic amines is 1. The lowest BCUT2D eigenvalue weighted by Gasteiger charge is -2.13. The van der Waals surface area contributed by atoms with Gasteiger partial charge in [0.15, 0.2) is 0 Å². The predicted molar refractivity (Wildman–Crippen MR) is 109 cm³/mol. The Bertz CT molecular complexity index is 1070. The van der Waals surface area contributed by atoms with Gasteiger partial charge in [0.05, 0.1) is 5.92 Å². The second-order valence-electron chi connectivity index (χ2n) is 6.70. The lowest BCUT2D eigenvalue weighted by Crippen LogP contribution is -2.13. The molecule has 28 heavy (non-hydrogen) atoms. The highest BCUT2D eigenvalue weighted by Gasteiger charge is 2.23. The highest BCUT2D eigenvalue weighted by molar-refractivity contribution is 5.85. The average Bonchev–Trinajstić information content (AvgIpc) is 3.15. The highest BCUT2D eigenvalue weighted by atomic mass is 16.6.